The van der Waals surface area contributed by atoms with Gasteiger partial charge in [0.25, 0.3) is 0 Å². The molecule has 0 N–H and O–H groups in total. The van der Waals surface area contributed by atoms with Crippen LogP contribution in [0, 0.1) is 5.21 Å². The summed E-state index contributed by atoms with van der Waals surface area (Å²) in [5.41, 5.74) is 2.19. The Morgan fingerprint density at radius 3 is 3.17 bits per heavy atom. The first-order chi connectivity index (χ1) is 5.88. The number of hydrogen-bond acceptors (Lipinski definition) is 2. The molecule has 0 amide bonds. The zero-order chi connectivity index (χ0) is 8.39. The molecule has 0 aromatic rings. The molecule has 0 fully saturated rings. The molecule has 2 aliphatic rings. The molecule has 0 aromatic carbocycles. The molecular weight excluding hydrogens is 150 g/mol. The number of hydrogen-bond donors (Lipinski definition) is 0. The molecule has 2 heteroatoms. The Bertz CT molecular complexity index is 263. The molecule has 0 atom stereocenters. The first kappa shape index (κ1) is 7.62. The lowest BCUT2D eigenvalue weighted by Crippen LogP contribution is -2.21. The topological polar surface area (TPSA) is 26.3 Å². The van der Waals surface area contributed by atoms with Gasteiger partial charge in [0.15, 0.2) is 0 Å². The minimum atomic E-state index is 0.656. The predicted molar refractivity (Wildman–Crippen MR) is 49.2 cm³/mol. The van der Waals surface area contributed by atoms with Crippen LogP contribution in [0.2, 0.25) is 0 Å². The highest BCUT2D eigenvalue weighted by Gasteiger charge is 2.11. The van der Waals surface area contributed by atoms with E-state index in [1.165, 1.54) is 5.57 Å². The van der Waals surface area contributed by atoms with Gasteiger partial charge in [0.2, 0.25) is 0 Å². The highest BCUT2D eigenvalue weighted by atomic mass is 16.5. The molecule has 2 rings (SSSR count). The average molecular weight is 162 g/mol. The van der Waals surface area contributed by atoms with Gasteiger partial charge in [-0.2, -0.15) is 0 Å². The second-order valence-corrected chi connectivity index (χ2v) is 3.19. The van der Waals surface area contributed by atoms with Crippen LogP contribution in [-0.2, 0) is 0 Å². The average Bonchev–Trinajstić information content (AvgIpc) is 2.30. The Balaban J connectivity index is 2.32. The van der Waals surface area contributed by atoms with Crippen molar-refractivity contribution in [2.24, 2.45) is 0 Å². The Hall–Kier alpha value is -1.02. The normalized spacial score (nSPS) is 22.6. The van der Waals surface area contributed by atoms with Crippen molar-refractivity contribution in [2.45, 2.75) is 19.3 Å². The van der Waals surface area contributed by atoms with Gasteiger partial charge >= 0.3 is 0 Å². The number of allylic oxidation sites excluding steroid dienone is 5. The molecule has 1 aliphatic heterocycles. The van der Waals surface area contributed by atoms with Crippen molar-refractivity contribution in [3.8, 4) is 0 Å². The minimum Gasteiger partial charge on any atom is -0.758 e. The van der Waals surface area contributed by atoms with Crippen LogP contribution >= 0.6 is 0 Å². The van der Waals surface area contributed by atoms with Crippen molar-refractivity contribution in [3.63, 3.8) is 0 Å². The summed E-state index contributed by atoms with van der Waals surface area (Å²) in [5, 5.41) is 12.5. The van der Waals surface area contributed by atoms with Gasteiger partial charge in [-0.05, 0) is 30.9 Å². The summed E-state index contributed by atoms with van der Waals surface area (Å²) >= 11 is 0. The van der Waals surface area contributed by atoms with Crippen molar-refractivity contribution in [3.05, 3.63) is 40.8 Å². The molecule has 12 heavy (non-hydrogen) atoms. The maximum absolute atomic E-state index is 11.4. The smallest absolute Gasteiger partial charge is 0.0254 e. The molecule has 0 radical (unpaired) electrons. The largest absolute Gasteiger partial charge is 0.758 e. The van der Waals surface area contributed by atoms with Crippen LogP contribution in [0.5, 0.6) is 0 Å². The van der Waals surface area contributed by atoms with Gasteiger partial charge in [-0.1, -0.05) is 18.2 Å². The number of hydroxylamine groups is 2. The third kappa shape index (κ3) is 1.30. The summed E-state index contributed by atoms with van der Waals surface area (Å²) in [6, 6.07) is 0. The summed E-state index contributed by atoms with van der Waals surface area (Å²) in [7, 11) is 0. The van der Waals surface area contributed by atoms with E-state index in [1.54, 1.807) is 0 Å². The van der Waals surface area contributed by atoms with E-state index in [0.717, 1.165) is 30.0 Å². The van der Waals surface area contributed by atoms with Gasteiger partial charge in [0.05, 0.1) is 0 Å². The van der Waals surface area contributed by atoms with Gasteiger partial charge in [0, 0.05) is 12.2 Å². The zero-order valence-corrected chi connectivity index (χ0v) is 6.99. The van der Waals surface area contributed by atoms with Crippen LogP contribution in [0.1, 0.15) is 19.3 Å². The quantitative estimate of drug-likeness (QED) is 0.546. The van der Waals surface area contributed by atoms with Crippen LogP contribution in [0.15, 0.2) is 35.6 Å². The first-order valence-corrected chi connectivity index (χ1v) is 4.38. The fourth-order valence-electron chi connectivity index (χ4n) is 1.70. The predicted octanol–water partition coefficient (Wildman–Crippen LogP) is 2.35. The minimum absolute atomic E-state index is 0.656. The third-order valence-electron chi connectivity index (χ3n) is 2.34. The van der Waals surface area contributed by atoms with E-state index in [9.17, 15) is 5.21 Å². The highest BCUT2D eigenvalue weighted by Crippen LogP contribution is 2.26. The van der Waals surface area contributed by atoms with E-state index in [1.807, 2.05) is 18.2 Å². The summed E-state index contributed by atoms with van der Waals surface area (Å²) in [4.78, 5) is 0. The zero-order valence-electron chi connectivity index (χ0n) is 6.99. The van der Waals surface area contributed by atoms with Gasteiger partial charge < -0.3 is 10.3 Å². The van der Waals surface area contributed by atoms with E-state index >= 15 is 0 Å². The van der Waals surface area contributed by atoms with E-state index < -0.39 is 0 Å². The molecule has 0 saturated carbocycles. The molecule has 64 valence electrons. The SMILES string of the molecule is [O-]N1CCCC2=C1C=CC=CC2. The highest BCUT2D eigenvalue weighted by molar-refractivity contribution is 5.33. The van der Waals surface area contributed by atoms with Crippen molar-refractivity contribution >= 4 is 0 Å². The van der Waals surface area contributed by atoms with E-state index in [4.69, 9.17) is 0 Å². The molecule has 1 aliphatic carbocycles. The lowest BCUT2D eigenvalue weighted by Gasteiger charge is -2.37. The third-order valence-corrected chi connectivity index (χ3v) is 2.34. The van der Waals surface area contributed by atoms with Crippen molar-refractivity contribution < 1.29 is 0 Å². The van der Waals surface area contributed by atoms with Crippen LogP contribution in [0.3, 0.4) is 0 Å². The Kier molecular flexibility index (Phi) is 2.00. The summed E-state index contributed by atoms with van der Waals surface area (Å²) in [6.07, 6.45) is 11.0. The molecule has 0 aromatic heterocycles. The van der Waals surface area contributed by atoms with Crippen LogP contribution in [0.4, 0.5) is 0 Å². The molecule has 0 bridgehead atoms. The van der Waals surface area contributed by atoms with Gasteiger partial charge in [-0.15, -0.1) is 0 Å². The molecule has 0 saturated heterocycles. The monoisotopic (exact) mass is 162 g/mol. The van der Waals surface area contributed by atoms with Crippen molar-refractivity contribution in [2.75, 3.05) is 6.54 Å². The molecule has 0 spiro atoms. The van der Waals surface area contributed by atoms with Crippen LogP contribution < -0.4 is 0 Å². The van der Waals surface area contributed by atoms with Gasteiger partial charge in [-0.3, -0.25) is 0 Å². The summed E-state index contributed by atoms with van der Waals surface area (Å²) in [6.45, 7) is 0.656. The Labute approximate surface area is 72.5 Å². The fraction of sp³-hybridized carbons (Fsp3) is 0.400. The van der Waals surface area contributed by atoms with E-state index in [0.29, 0.717) is 6.54 Å². The van der Waals surface area contributed by atoms with Crippen LogP contribution in [0.25, 0.3) is 0 Å². The fourth-order valence-corrected chi connectivity index (χ4v) is 1.70. The maximum atomic E-state index is 11.4. The standard InChI is InChI=1S/C10H12NO/c12-11-8-4-6-9-5-2-1-3-7-10(9)11/h1-3,7H,4-6,8H2/q-1. The van der Waals surface area contributed by atoms with Crippen molar-refractivity contribution in [1.29, 1.82) is 0 Å². The van der Waals surface area contributed by atoms with Gasteiger partial charge in [0.1, 0.15) is 0 Å². The maximum Gasteiger partial charge on any atom is 0.0254 e. The Morgan fingerprint density at radius 2 is 2.25 bits per heavy atom. The second kappa shape index (κ2) is 3.15. The lowest BCUT2D eigenvalue weighted by atomic mass is 10.0. The van der Waals surface area contributed by atoms with Gasteiger partial charge in [-0.25, -0.2) is 0 Å². The number of nitrogens with zero attached hydrogens (tertiary/aromatic N) is 1. The summed E-state index contributed by atoms with van der Waals surface area (Å²) < 4.78 is 0. The van der Waals surface area contributed by atoms with Crippen LogP contribution in [-0.4, -0.2) is 11.6 Å². The summed E-state index contributed by atoms with van der Waals surface area (Å²) in [5.74, 6) is 0. The van der Waals surface area contributed by atoms with E-state index in [2.05, 4.69) is 6.08 Å². The second-order valence-electron chi connectivity index (χ2n) is 3.19. The molecule has 2 nitrogen and oxygen atoms in total. The Morgan fingerprint density at radius 1 is 1.33 bits per heavy atom. The molecular formula is C10H12NO-. The van der Waals surface area contributed by atoms with E-state index in [-0.39, 0.29) is 0 Å². The molecule has 1 heterocycles. The molecule has 0 unspecified atom stereocenters. The number of rotatable bonds is 0. The first-order valence-electron chi connectivity index (χ1n) is 4.38. The lowest BCUT2D eigenvalue weighted by molar-refractivity contribution is 0.430. The van der Waals surface area contributed by atoms with Crippen molar-refractivity contribution in [1.82, 2.24) is 5.06 Å².